The third kappa shape index (κ3) is 6.21. The van der Waals surface area contributed by atoms with Crippen LogP contribution < -0.4 is 20.3 Å². The zero-order valence-electron chi connectivity index (χ0n) is 29.5. The molecule has 0 spiro atoms. The van der Waals surface area contributed by atoms with Crippen LogP contribution in [0.4, 0.5) is 11.4 Å². The Morgan fingerprint density at radius 1 is 0.943 bits per heavy atom. The number of hydrogen-bond donors (Lipinski definition) is 2. The van der Waals surface area contributed by atoms with Crippen molar-refractivity contribution in [3.8, 4) is 5.75 Å². The van der Waals surface area contributed by atoms with Crippen molar-refractivity contribution in [2.75, 3.05) is 18.0 Å². The van der Waals surface area contributed by atoms with E-state index in [4.69, 9.17) is 22.9 Å². The van der Waals surface area contributed by atoms with Gasteiger partial charge in [-0.25, -0.2) is 4.85 Å². The molecule has 12 nitrogen and oxygen atoms in total. The summed E-state index contributed by atoms with van der Waals surface area (Å²) in [6.07, 6.45) is 2.69. The smallest absolute Gasteiger partial charge is 0.262 e. The summed E-state index contributed by atoms with van der Waals surface area (Å²) in [6.45, 7) is 14.4. The number of anilines is 1. The number of piperidine rings is 2. The van der Waals surface area contributed by atoms with Gasteiger partial charge in [-0.15, -0.1) is 0 Å². The Bertz CT molecular complexity index is 2060. The number of amides is 5. The standard InChI is InChI=1S/C40H39ClN6O6/c1-40(2)33(19-34(40)53-27-8-9-31(42-3)30(41)18-27)43-36(49)22-4-6-25(7-5-22)45-14-12-26(13-15-45)46-20-23-16-28-29(17-24(23)21-46)39(52)47(38(28)51)32-10-11-35(48)44-37(32)50/h4-9,16-18,26,32-34H,10-15,19-21H2,1-2H3,(H,43,49)(H,44,48,50)/t32?,33-,34-/m0/s1. The van der Waals surface area contributed by atoms with Gasteiger partial charge in [0.05, 0.1) is 22.7 Å². The van der Waals surface area contributed by atoms with Gasteiger partial charge in [0.15, 0.2) is 0 Å². The van der Waals surface area contributed by atoms with Gasteiger partial charge in [-0.2, -0.15) is 0 Å². The second kappa shape index (κ2) is 13.3. The zero-order valence-corrected chi connectivity index (χ0v) is 30.2. The first-order chi connectivity index (χ1) is 25.4. The van der Waals surface area contributed by atoms with Crippen LogP contribution in [-0.2, 0) is 22.7 Å². The number of nitrogens with zero attached hydrogens (tertiary/aromatic N) is 4. The molecule has 3 aromatic carbocycles. The van der Waals surface area contributed by atoms with E-state index in [1.165, 1.54) is 0 Å². The van der Waals surface area contributed by atoms with Gasteiger partial charge in [0, 0.05) is 67.8 Å². The summed E-state index contributed by atoms with van der Waals surface area (Å²) in [5.41, 5.74) is 4.46. The van der Waals surface area contributed by atoms with Crippen LogP contribution in [-0.4, -0.2) is 76.7 Å². The van der Waals surface area contributed by atoms with Crippen LogP contribution in [0.1, 0.15) is 88.2 Å². The van der Waals surface area contributed by atoms with Crippen LogP contribution >= 0.6 is 11.6 Å². The van der Waals surface area contributed by atoms with Crippen LogP contribution in [0, 0.1) is 12.0 Å². The molecule has 272 valence electrons. The largest absolute Gasteiger partial charge is 0.490 e. The van der Waals surface area contributed by atoms with E-state index < -0.39 is 29.7 Å². The van der Waals surface area contributed by atoms with Crippen LogP contribution in [0.25, 0.3) is 4.85 Å². The number of imide groups is 2. The van der Waals surface area contributed by atoms with Gasteiger partial charge in [0.2, 0.25) is 17.5 Å². The van der Waals surface area contributed by atoms with Crippen LogP contribution in [0.2, 0.25) is 5.02 Å². The lowest BCUT2D eigenvalue weighted by Crippen LogP contribution is -2.63. The van der Waals surface area contributed by atoms with Crippen LogP contribution in [0.5, 0.6) is 5.75 Å². The molecule has 5 amide bonds. The van der Waals surface area contributed by atoms with E-state index >= 15 is 0 Å². The fourth-order valence-electron chi connectivity index (χ4n) is 8.35. The molecule has 4 heterocycles. The highest BCUT2D eigenvalue weighted by Crippen LogP contribution is 2.44. The quantitative estimate of drug-likeness (QED) is 0.249. The summed E-state index contributed by atoms with van der Waals surface area (Å²) >= 11 is 6.18. The first-order valence-corrected chi connectivity index (χ1v) is 18.4. The molecule has 5 aliphatic rings. The van der Waals surface area contributed by atoms with Crippen molar-refractivity contribution in [3.63, 3.8) is 0 Å². The van der Waals surface area contributed by atoms with Crippen LogP contribution in [0.15, 0.2) is 54.6 Å². The maximum atomic E-state index is 13.3. The highest BCUT2D eigenvalue weighted by atomic mass is 35.5. The fraction of sp³-hybridized carbons (Fsp3) is 0.400. The normalized spacial score (nSPS) is 23.9. The molecule has 4 aliphatic heterocycles. The van der Waals surface area contributed by atoms with Gasteiger partial charge >= 0.3 is 0 Å². The monoisotopic (exact) mass is 734 g/mol. The highest BCUT2D eigenvalue weighted by Gasteiger charge is 2.51. The number of carbonyl (C=O) groups excluding carboxylic acids is 5. The van der Waals surface area contributed by atoms with E-state index in [0.29, 0.717) is 58.7 Å². The lowest BCUT2D eigenvalue weighted by molar-refractivity contribution is -0.136. The summed E-state index contributed by atoms with van der Waals surface area (Å²) in [5.74, 6) is -1.47. The molecule has 0 aromatic heterocycles. The molecule has 0 bridgehead atoms. The Hall–Kier alpha value is -5.25. The number of ether oxygens (including phenoxy) is 1. The topological polar surface area (TPSA) is 133 Å². The molecule has 13 heteroatoms. The van der Waals surface area contributed by atoms with Gasteiger partial charge < -0.3 is 15.0 Å². The van der Waals surface area contributed by atoms with Crippen LogP contribution in [0.3, 0.4) is 0 Å². The van der Waals surface area contributed by atoms with Crippen molar-refractivity contribution >= 4 is 52.5 Å². The van der Waals surface area contributed by atoms with Crippen molar-refractivity contribution in [1.29, 1.82) is 0 Å². The van der Waals surface area contributed by atoms with E-state index in [0.717, 1.165) is 47.6 Å². The summed E-state index contributed by atoms with van der Waals surface area (Å²) in [6, 6.07) is 15.8. The number of hydrogen-bond acceptors (Lipinski definition) is 8. The molecular weight excluding hydrogens is 696 g/mol. The first kappa shape index (κ1) is 34.8. The maximum Gasteiger partial charge on any atom is 0.262 e. The summed E-state index contributed by atoms with van der Waals surface area (Å²) in [4.78, 5) is 73.0. The van der Waals surface area contributed by atoms with E-state index in [1.807, 2.05) is 36.4 Å². The number of rotatable bonds is 7. The number of carbonyl (C=O) groups is 5. The predicted octanol–water partition coefficient (Wildman–Crippen LogP) is 5.25. The number of halogens is 1. The average Bonchev–Trinajstić information content (AvgIpc) is 3.67. The minimum absolute atomic E-state index is 0.0528. The Kier molecular flexibility index (Phi) is 8.74. The molecule has 1 saturated carbocycles. The molecule has 8 rings (SSSR count). The minimum atomic E-state index is -0.970. The third-order valence-corrected chi connectivity index (χ3v) is 12.1. The summed E-state index contributed by atoms with van der Waals surface area (Å²) in [5, 5.41) is 5.78. The van der Waals surface area contributed by atoms with Gasteiger partial charge in [-0.05, 0) is 78.9 Å². The van der Waals surface area contributed by atoms with E-state index in [9.17, 15) is 24.0 Å². The summed E-state index contributed by atoms with van der Waals surface area (Å²) < 4.78 is 6.16. The summed E-state index contributed by atoms with van der Waals surface area (Å²) in [7, 11) is 0. The molecule has 3 fully saturated rings. The van der Waals surface area contributed by atoms with Gasteiger partial charge in [-0.3, -0.25) is 39.1 Å². The minimum Gasteiger partial charge on any atom is -0.490 e. The SMILES string of the molecule is [C-]#[N+]c1ccc(O[C@H]2C[C@H](NC(=O)c3ccc(N4CCC(N5Cc6cc7c(cc6C5)C(=O)N(C5CCC(=O)NC5=O)C7=O)CC4)cc3)C2(C)C)cc1Cl. The number of nitrogens with one attached hydrogen (secondary N) is 2. The molecule has 1 aliphatic carbocycles. The molecular formula is C40H39ClN6O6. The molecule has 53 heavy (non-hydrogen) atoms. The van der Waals surface area contributed by atoms with Gasteiger partial charge in [0.1, 0.15) is 17.9 Å². The van der Waals surface area contributed by atoms with E-state index in [1.54, 1.807) is 18.2 Å². The first-order valence-electron chi connectivity index (χ1n) is 18.0. The van der Waals surface area contributed by atoms with E-state index in [-0.39, 0.29) is 36.3 Å². The van der Waals surface area contributed by atoms with Crippen molar-refractivity contribution in [1.82, 2.24) is 20.4 Å². The molecule has 0 radical (unpaired) electrons. The lowest BCUT2D eigenvalue weighted by atomic mass is 9.64. The maximum absolute atomic E-state index is 13.3. The fourth-order valence-corrected chi connectivity index (χ4v) is 8.57. The van der Waals surface area contributed by atoms with Gasteiger partial charge in [0.25, 0.3) is 17.7 Å². The molecule has 3 atom stereocenters. The number of fused-ring (bicyclic) bond motifs is 2. The molecule has 3 aromatic rings. The molecule has 2 N–H and O–H groups in total. The number of benzene rings is 3. The lowest BCUT2D eigenvalue weighted by Gasteiger charge is -2.51. The molecule has 2 saturated heterocycles. The van der Waals surface area contributed by atoms with Crippen molar-refractivity contribution < 1.29 is 28.7 Å². The van der Waals surface area contributed by atoms with Crippen molar-refractivity contribution in [2.45, 2.75) is 83.3 Å². The van der Waals surface area contributed by atoms with E-state index in [2.05, 4.69) is 39.1 Å². The second-order valence-electron chi connectivity index (χ2n) is 15.2. The average molecular weight is 735 g/mol. The predicted molar refractivity (Wildman–Crippen MR) is 196 cm³/mol. The van der Waals surface area contributed by atoms with Gasteiger partial charge in [-0.1, -0.05) is 31.5 Å². The highest BCUT2D eigenvalue weighted by molar-refractivity contribution is 6.33. The Labute approximate surface area is 312 Å². The van der Waals surface area contributed by atoms with Crippen molar-refractivity contribution in [3.05, 3.63) is 98.9 Å². The Balaban J connectivity index is 0.826. The Morgan fingerprint density at radius 2 is 1.60 bits per heavy atom. The molecule has 1 unspecified atom stereocenters. The Morgan fingerprint density at radius 3 is 2.19 bits per heavy atom. The van der Waals surface area contributed by atoms with Crippen molar-refractivity contribution in [2.24, 2.45) is 5.41 Å². The second-order valence-corrected chi connectivity index (χ2v) is 15.6. The third-order valence-electron chi connectivity index (χ3n) is 11.8. The zero-order chi connectivity index (χ0) is 37.2.